The van der Waals surface area contributed by atoms with Crippen molar-refractivity contribution in [2.75, 3.05) is 6.61 Å². The van der Waals surface area contributed by atoms with E-state index in [4.69, 9.17) is 4.74 Å². The smallest absolute Gasteiger partial charge is 0.338 e. The molecule has 0 radical (unpaired) electrons. The maximum Gasteiger partial charge on any atom is 0.338 e. The van der Waals surface area contributed by atoms with E-state index >= 15 is 0 Å². The highest BCUT2D eigenvalue weighted by Gasteiger charge is 2.05. The lowest BCUT2D eigenvalue weighted by Crippen LogP contribution is -2.07. The van der Waals surface area contributed by atoms with Gasteiger partial charge in [0.15, 0.2) is 0 Å². The molecule has 2 aromatic rings. The summed E-state index contributed by atoms with van der Waals surface area (Å²) >= 11 is 0. The standard InChI is InChI=1S/C15H15O2P/c1-2-17-15(16)12-8-10-14(11-9-12)18-13-6-4-3-5-7-13/h3-11,18H,2H2,1H3. The number of hydrogen-bond acceptors (Lipinski definition) is 2. The van der Waals surface area contributed by atoms with E-state index in [-0.39, 0.29) is 5.97 Å². The summed E-state index contributed by atoms with van der Waals surface area (Å²) in [6.07, 6.45) is 0. The quantitative estimate of drug-likeness (QED) is 0.622. The van der Waals surface area contributed by atoms with Crippen LogP contribution >= 0.6 is 8.58 Å². The third-order valence-corrected chi connectivity index (χ3v) is 3.70. The van der Waals surface area contributed by atoms with Crippen LogP contribution in [0.25, 0.3) is 0 Å². The molecule has 0 amide bonds. The van der Waals surface area contributed by atoms with Crippen molar-refractivity contribution in [1.29, 1.82) is 0 Å². The van der Waals surface area contributed by atoms with Crippen LogP contribution in [0.15, 0.2) is 54.6 Å². The summed E-state index contributed by atoms with van der Waals surface area (Å²) in [5.41, 5.74) is 0.610. The van der Waals surface area contributed by atoms with Gasteiger partial charge in [-0.15, -0.1) is 0 Å². The zero-order valence-electron chi connectivity index (χ0n) is 10.2. The topological polar surface area (TPSA) is 26.3 Å². The predicted molar refractivity (Wildman–Crippen MR) is 76.4 cm³/mol. The van der Waals surface area contributed by atoms with Crippen LogP contribution in [0, 0.1) is 0 Å². The highest BCUT2D eigenvalue weighted by Crippen LogP contribution is 2.11. The highest BCUT2D eigenvalue weighted by molar-refractivity contribution is 7.55. The fourth-order valence-corrected chi connectivity index (χ4v) is 2.62. The molecule has 0 aliphatic heterocycles. The van der Waals surface area contributed by atoms with Crippen molar-refractivity contribution in [3.05, 3.63) is 60.2 Å². The first-order valence-corrected chi connectivity index (χ1v) is 6.89. The van der Waals surface area contributed by atoms with Crippen LogP contribution < -0.4 is 10.6 Å². The Labute approximate surface area is 109 Å². The van der Waals surface area contributed by atoms with Crippen molar-refractivity contribution in [2.24, 2.45) is 0 Å². The summed E-state index contributed by atoms with van der Waals surface area (Å²) in [6.45, 7) is 2.22. The summed E-state index contributed by atoms with van der Waals surface area (Å²) in [5, 5.41) is 2.51. The van der Waals surface area contributed by atoms with Crippen molar-refractivity contribution >= 4 is 25.2 Å². The number of hydrogen-bond donors (Lipinski definition) is 0. The van der Waals surface area contributed by atoms with Gasteiger partial charge in [0.1, 0.15) is 0 Å². The second kappa shape index (κ2) is 6.32. The molecule has 3 heteroatoms. The predicted octanol–water partition coefficient (Wildman–Crippen LogP) is 2.49. The van der Waals surface area contributed by atoms with Crippen molar-refractivity contribution in [2.45, 2.75) is 6.92 Å². The SMILES string of the molecule is CCOC(=O)c1ccc(Pc2ccccc2)cc1. The van der Waals surface area contributed by atoms with Crippen molar-refractivity contribution < 1.29 is 9.53 Å². The molecule has 0 N–H and O–H groups in total. The van der Waals surface area contributed by atoms with Gasteiger partial charge < -0.3 is 4.74 Å². The van der Waals surface area contributed by atoms with E-state index < -0.39 is 0 Å². The molecule has 0 aliphatic carbocycles. The molecule has 0 fully saturated rings. The Balaban J connectivity index is 2.06. The van der Waals surface area contributed by atoms with Crippen LogP contribution in [-0.2, 0) is 4.74 Å². The van der Waals surface area contributed by atoms with Crippen LogP contribution in [0.5, 0.6) is 0 Å². The molecule has 2 rings (SSSR count). The summed E-state index contributed by atoms with van der Waals surface area (Å²) < 4.78 is 4.95. The Morgan fingerprint density at radius 3 is 2.22 bits per heavy atom. The molecular weight excluding hydrogens is 243 g/mol. The highest BCUT2D eigenvalue weighted by atomic mass is 31.1. The number of carbonyl (C=O) groups is 1. The average Bonchev–Trinajstić information content (AvgIpc) is 2.41. The molecule has 2 aromatic carbocycles. The normalized spacial score (nSPS) is 10.7. The van der Waals surface area contributed by atoms with E-state index in [2.05, 4.69) is 12.1 Å². The second-order valence-electron chi connectivity index (χ2n) is 3.79. The molecule has 0 aromatic heterocycles. The minimum absolute atomic E-state index is 0.257. The largest absolute Gasteiger partial charge is 0.462 e. The fourth-order valence-electron chi connectivity index (χ4n) is 1.59. The fraction of sp³-hybridized carbons (Fsp3) is 0.133. The zero-order valence-corrected chi connectivity index (χ0v) is 11.2. The van der Waals surface area contributed by atoms with E-state index in [1.54, 1.807) is 0 Å². The van der Waals surface area contributed by atoms with Gasteiger partial charge in [-0.05, 0) is 29.7 Å². The molecule has 0 saturated carbocycles. The van der Waals surface area contributed by atoms with Crippen molar-refractivity contribution in [3.8, 4) is 0 Å². The number of benzene rings is 2. The maximum atomic E-state index is 11.5. The number of ether oxygens (including phenoxy) is 1. The Morgan fingerprint density at radius 2 is 1.61 bits per heavy atom. The lowest BCUT2D eigenvalue weighted by Gasteiger charge is -2.04. The van der Waals surface area contributed by atoms with E-state index in [9.17, 15) is 4.79 Å². The lowest BCUT2D eigenvalue weighted by atomic mass is 10.2. The molecule has 0 spiro atoms. The van der Waals surface area contributed by atoms with Crippen LogP contribution in [0.2, 0.25) is 0 Å². The first kappa shape index (κ1) is 12.8. The first-order valence-electron chi connectivity index (χ1n) is 5.89. The van der Waals surface area contributed by atoms with Gasteiger partial charge in [-0.3, -0.25) is 0 Å². The number of rotatable bonds is 4. The van der Waals surface area contributed by atoms with Gasteiger partial charge >= 0.3 is 5.97 Å². The van der Waals surface area contributed by atoms with Crippen LogP contribution in [0.1, 0.15) is 17.3 Å². The minimum atomic E-state index is -0.257. The van der Waals surface area contributed by atoms with Gasteiger partial charge in [-0.1, -0.05) is 51.0 Å². The van der Waals surface area contributed by atoms with Gasteiger partial charge in [0.25, 0.3) is 0 Å². The minimum Gasteiger partial charge on any atom is -0.462 e. The Kier molecular flexibility index (Phi) is 4.49. The van der Waals surface area contributed by atoms with E-state index in [0.29, 0.717) is 20.8 Å². The molecule has 1 unspecified atom stereocenters. The Hall–Kier alpha value is -1.66. The molecule has 0 aliphatic rings. The number of esters is 1. The van der Waals surface area contributed by atoms with E-state index in [0.717, 1.165) is 0 Å². The van der Waals surface area contributed by atoms with Gasteiger partial charge in [-0.2, -0.15) is 0 Å². The van der Waals surface area contributed by atoms with Gasteiger partial charge in [0.2, 0.25) is 0 Å². The molecule has 92 valence electrons. The summed E-state index contributed by atoms with van der Waals surface area (Å²) in [6, 6.07) is 17.9. The number of carbonyl (C=O) groups excluding carboxylic acids is 1. The molecule has 18 heavy (non-hydrogen) atoms. The van der Waals surface area contributed by atoms with Gasteiger partial charge in [0.05, 0.1) is 12.2 Å². The molecular formula is C15H15O2P. The maximum absolute atomic E-state index is 11.5. The monoisotopic (exact) mass is 258 g/mol. The summed E-state index contributed by atoms with van der Waals surface area (Å²) in [7, 11) is 0.615. The molecule has 0 bridgehead atoms. The Morgan fingerprint density at radius 1 is 1.00 bits per heavy atom. The van der Waals surface area contributed by atoms with E-state index in [1.165, 1.54) is 10.6 Å². The van der Waals surface area contributed by atoms with Crippen LogP contribution in [0.3, 0.4) is 0 Å². The third kappa shape index (κ3) is 3.41. The second-order valence-corrected chi connectivity index (χ2v) is 5.19. The van der Waals surface area contributed by atoms with Crippen molar-refractivity contribution in [3.63, 3.8) is 0 Å². The van der Waals surface area contributed by atoms with E-state index in [1.807, 2.05) is 49.4 Å². The first-order chi connectivity index (χ1) is 8.79. The molecule has 2 nitrogen and oxygen atoms in total. The summed E-state index contributed by atoms with van der Waals surface area (Å²) in [5.74, 6) is -0.257. The molecule has 0 heterocycles. The van der Waals surface area contributed by atoms with Gasteiger partial charge in [-0.25, -0.2) is 4.79 Å². The molecule has 1 atom stereocenters. The zero-order chi connectivity index (χ0) is 12.8. The lowest BCUT2D eigenvalue weighted by molar-refractivity contribution is 0.0526. The van der Waals surface area contributed by atoms with Crippen LogP contribution in [-0.4, -0.2) is 12.6 Å². The van der Waals surface area contributed by atoms with Gasteiger partial charge in [0, 0.05) is 0 Å². The Bertz CT molecular complexity index is 506. The summed E-state index contributed by atoms with van der Waals surface area (Å²) in [4.78, 5) is 11.5. The molecule has 0 saturated heterocycles. The van der Waals surface area contributed by atoms with Crippen molar-refractivity contribution in [1.82, 2.24) is 0 Å². The van der Waals surface area contributed by atoms with Crippen LogP contribution in [0.4, 0.5) is 0 Å². The average molecular weight is 258 g/mol. The third-order valence-electron chi connectivity index (χ3n) is 2.46.